The van der Waals surface area contributed by atoms with E-state index in [4.69, 9.17) is 17.3 Å². The average Bonchev–Trinajstić information content (AvgIpc) is 2.23. The number of nitrogens with two attached hydrogens (primary N) is 1. The zero-order valence-electron chi connectivity index (χ0n) is 8.54. The Balaban J connectivity index is 3.07. The molecule has 0 aliphatic carbocycles. The van der Waals surface area contributed by atoms with Gasteiger partial charge in [-0.05, 0) is 25.1 Å². The van der Waals surface area contributed by atoms with Crippen LogP contribution >= 0.6 is 11.6 Å². The fraction of sp³-hybridized carbons (Fsp3) is 0.182. The van der Waals surface area contributed by atoms with Crippen LogP contribution in [0, 0.1) is 6.92 Å². The van der Waals surface area contributed by atoms with Crippen molar-refractivity contribution in [3.8, 4) is 0 Å². The van der Waals surface area contributed by atoms with Crippen LogP contribution in [0.5, 0.6) is 0 Å². The second kappa shape index (κ2) is 3.28. The molecule has 0 aliphatic rings. The van der Waals surface area contributed by atoms with Gasteiger partial charge in [0.25, 0.3) is 5.56 Å². The van der Waals surface area contributed by atoms with E-state index in [0.29, 0.717) is 16.3 Å². The minimum absolute atomic E-state index is 0.0812. The highest BCUT2D eigenvalue weighted by atomic mass is 35.5. The van der Waals surface area contributed by atoms with Gasteiger partial charge >= 0.3 is 0 Å². The van der Waals surface area contributed by atoms with Crippen LogP contribution in [-0.4, -0.2) is 4.57 Å². The van der Waals surface area contributed by atoms with E-state index in [1.165, 1.54) is 0 Å². The number of aryl methyl sites for hydroxylation is 1. The molecule has 0 unspecified atom stereocenters. The highest BCUT2D eigenvalue weighted by Gasteiger charge is 2.09. The molecule has 2 rings (SSSR count). The molecule has 0 atom stereocenters. The van der Waals surface area contributed by atoms with Crippen LogP contribution < -0.4 is 11.3 Å². The molecule has 0 fully saturated rings. The van der Waals surface area contributed by atoms with Gasteiger partial charge in [0.1, 0.15) is 0 Å². The third-order valence-electron chi connectivity index (χ3n) is 2.64. The number of fused-ring (bicyclic) bond motifs is 1. The molecule has 0 amide bonds. The first kappa shape index (κ1) is 10.1. The van der Waals surface area contributed by atoms with Crippen molar-refractivity contribution in [2.45, 2.75) is 6.92 Å². The zero-order valence-corrected chi connectivity index (χ0v) is 9.30. The van der Waals surface area contributed by atoms with Crippen LogP contribution in [0.15, 0.2) is 23.0 Å². The molecule has 0 radical (unpaired) electrons. The molecule has 78 valence electrons. The van der Waals surface area contributed by atoms with E-state index in [1.807, 2.05) is 6.07 Å². The van der Waals surface area contributed by atoms with Crippen molar-refractivity contribution < 1.29 is 0 Å². The summed E-state index contributed by atoms with van der Waals surface area (Å²) in [4.78, 5) is 11.8. The van der Waals surface area contributed by atoms with Gasteiger partial charge in [-0.25, -0.2) is 0 Å². The second-order valence-electron chi connectivity index (χ2n) is 3.56. The van der Waals surface area contributed by atoms with Crippen LogP contribution in [0.1, 0.15) is 5.56 Å². The van der Waals surface area contributed by atoms with Crippen LogP contribution in [0.2, 0.25) is 5.02 Å². The molecule has 2 aromatic rings. The molecular weight excluding hydrogens is 212 g/mol. The number of pyridine rings is 1. The summed E-state index contributed by atoms with van der Waals surface area (Å²) in [6.45, 7) is 1.73. The third-order valence-corrected chi connectivity index (χ3v) is 2.88. The van der Waals surface area contributed by atoms with Gasteiger partial charge in [0, 0.05) is 28.7 Å². The average molecular weight is 223 g/mol. The van der Waals surface area contributed by atoms with Crippen molar-refractivity contribution in [3.63, 3.8) is 0 Å². The molecule has 15 heavy (non-hydrogen) atoms. The summed E-state index contributed by atoms with van der Waals surface area (Å²) in [5.41, 5.74) is 7.67. The lowest BCUT2D eigenvalue weighted by molar-refractivity contribution is 0.895. The van der Waals surface area contributed by atoms with Gasteiger partial charge in [-0.3, -0.25) is 4.79 Å². The topological polar surface area (TPSA) is 48.0 Å². The summed E-state index contributed by atoms with van der Waals surface area (Å²) in [7, 11) is 1.72. The highest BCUT2D eigenvalue weighted by molar-refractivity contribution is 6.31. The normalized spacial score (nSPS) is 10.9. The molecule has 1 aromatic heterocycles. The SMILES string of the molecule is Cc1c(N)c2ccc(Cl)cc2n(C)c1=O. The van der Waals surface area contributed by atoms with Crippen molar-refractivity contribution >= 4 is 28.2 Å². The molecular formula is C11H11ClN2O. The minimum atomic E-state index is -0.0812. The van der Waals surface area contributed by atoms with Crippen LogP contribution in [0.3, 0.4) is 0 Å². The predicted octanol–water partition coefficient (Wildman–Crippen LogP) is 2.08. The number of nitrogens with zero attached hydrogens (tertiary/aromatic N) is 1. The Kier molecular flexibility index (Phi) is 2.20. The predicted molar refractivity (Wildman–Crippen MR) is 63.3 cm³/mol. The molecule has 1 aromatic carbocycles. The Labute approximate surface area is 92.1 Å². The van der Waals surface area contributed by atoms with Gasteiger partial charge in [0.2, 0.25) is 0 Å². The van der Waals surface area contributed by atoms with Crippen molar-refractivity contribution in [1.29, 1.82) is 0 Å². The van der Waals surface area contributed by atoms with Crippen molar-refractivity contribution in [2.24, 2.45) is 7.05 Å². The monoisotopic (exact) mass is 222 g/mol. The number of nitrogen functional groups attached to an aromatic ring is 1. The number of anilines is 1. The summed E-state index contributed by atoms with van der Waals surface area (Å²) in [5, 5.41) is 1.46. The van der Waals surface area contributed by atoms with Crippen molar-refractivity contribution in [1.82, 2.24) is 4.57 Å². The van der Waals surface area contributed by atoms with Gasteiger partial charge in [-0.15, -0.1) is 0 Å². The molecule has 0 spiro atoms. The Morgan fingerprint density at radius 3 is 2.73 bits per heavy atom. The molecule has 0 aliphatic heterocycles. The summed E-state index contributed by atoms with van der Waals surface area (Å²) < 4.78 is 1.56. The number of benzene rings is 1. The summed E-state index contributed by atoms with van der Waals surface area (Å²) in [6, 6.07) is 5.34. The third kappa shape index (κ3) is 1.39. The van der Waals surface area contributed by atoms with E-state index in [9.17, 15) is 4.79 Å². The standard InChI is InChI=1S/C11H11ClN2O/c1-6-10(13)8-4-3-7(12)5-9(8)14(2)11(6)15/h3-5H,13H2,1-2H3. The summed E-state index contributed by atoms with van der Waals surface area (Å²) in [5.74, 6) is 0. The molecule has 2 N–H and O–H groups in total. The van der Waals surface area contributed by atoms with Gasteiger partial charge in [-0.1, -0.05) is 11.6 Å². The first-order valence-electron chi connectivity index (χ1n) is 4.56. The molecule has 1 heterocycles. The number of aromatic nitrogens is 1. The maximum atomic E-state index is 11.8. The van der Waals surface area contributed by atoms with E-state index in [0.717, 1.165) is 10.9 Å². The number of hydrogen-bond acceptors (Lipinski definition) is 2. The smallest absolute Gasteiger partial charge is 0.255 e. The zero-order chi connectivity index (χ0) is 11.2. The lowest BCUT2D eigenvalue weighted by Gasteiger charge is -2.10. The summed E-state index contributed by atoms with van der Waals surface area (Å²) >= 11 is 5.88. The quantitative estimate of drug-likeness (QED) is 0.742. The number of hydrogen-bond donors (Lipinski definition) is 1. The Bertz CT molecular complexity index is 602. The van der Waals surface area contributed by atoms with E-state index < -0.39 is 0 Å². The molecule has 0 saturated heterocycles. The van der Waals surface area contributed by atoms with Crippen LogP contribution in [0.4, 0.5) is 5.69 Å². The van der Waals surface area contributed by atoms with Gasteiger partial charge in [0.15, 0.2) is 0 Å². The lowest BCUT2D eigenvalue weighted by atomic mass is 10.1. The molecule has 0 bridgehead atoms. The fourth-order valence-electron chi connectivity index (χ4n) is 1.69. The Morgan fingerprint density at radius 1 is 1.40 bits per heavy atom. The maximum absolute atomic E-state index is 11.8. The first-order valence-corrected chi connectivity index (χ1v) is 4.94. The molecule has 4 heteroatoms. The van der Waals surface area contributed by atoms with Gasteiger partial charge in [0.05, 0.1) is 5.52 Å². The maximum Gasteiger partial charge on any atom is 0.255 e. The number of rotatable bonds is 0. The first-order chi connectivity index (χ1) is 7.02. The number of halogens is 1. The molecule has 3 nitrogen and oxygen atoms in total. The highest BCUT2D eigenvalue weighted by Crippen LogP contribution is 2.24. The van der Waals surface area contributed by atoms with E-state index in [-0.39, 0.29) is 5.56 Å². The summed E-state index contributed by atoms with van der Waals surface area (Å²) in [6.07, 6.45) is 0. The van der Waals surface area contributed by atoms with E-state index >= 15 is 0 Å². The van der Waals surface area contributed by atoms with E-state index in [1.54, 1.807) is 30.7 Å². The minimum Gasteiger partial charge on any atom is -0.398 e. The van der Waals surface area contributed by atoms with Gasteiger partial charge < -0.3 is 10.3 Å². The van der Waals surface area contributed by atoms with Crippen LogP contribution in [0.25, 0.3) is 10.9 Å². The Morgan fingerprint density at radius 2 is 2.07 bits per heavy atom. The molecule has 0 saturated carbocycles. The largest absolute Gasteiger partial charge is 0.398 e. The van der Waals surface area contributed by atoms with Gasteiger partial charge in [-0.2, -0.15) is 0 Å². The Hall–Kier alpha value is -1.48. The van der Waals surface area contributed by atoms with Crippen LogP contribution in [-0.2, 0) is 7.05 Å². The lowest BCUT2D eigenvalue weighted by Crippen LogP contribution is -2.21. The second-order valence-corrected chi connectivity index (χ2v) is 4.00. The fourth-order valence-corrected chi connectivity index (χ4v) is 1.85. The van der Waals surface area contributed by atoms with Crippen molar-refractivity contribution in [2.75, 3.05) is 5.73 Å². The van der Waals surface area contributed by atoms with Crippen molar-refractivity contribution in [3.05, 3.63) is 39.1 Å². The van der Waals surface area contributed by atoms with E-state index in [2.05, 4.69) is 0 Å².